The number of halogens is 1. The fourth-order valence-electron chi connectivity index (χ4n) is 4.93. The van der Waals surface area contributed by atoms with E-state index in [1.807, 2.05) is 60.7 Å². The molecule has 0 aliphatic carbocycles. The van der Waals surface area contributed by atoms with E-state index >= 15 is 0 Å². The highest BCUT2D eigenvalue weighted by Gasteiger charge is 2.45. The van der Waals surface area contributed by atoms with Gasteiger partial charge < -0.3 is 33.2 Å². The van der Waals surface area contributed by atoms with E-state index in [9.17, 15) is 19.5 Å². The van der Waals surface area contributed by atoms with Gasteiger partial charge in [-0.25, -0.2) is 9.69 Å². The molecule has 11 nitrogen and oxygen atoms in total. The van der Waals surface area contributed by atoms with Crippen molar-refractivity contribution in [2.24, 2.45) is 0 Å². The summed E-state index contributed by atoms with van der Waals surface area (Å²) in [5, 5.41) is 9.64. The van der Waals surface area contributed by atoms with Gasteiger partial charge in [0.05, 0.1) is 30.3 Å². The number of benzene rings is 2. The molecule has 0 unspecified atom stereocenters. The standard InChI is InChI=1S/C33H38BrNO10/c1-22(37)44-30(31(40-2)32(38)35-25(20-43-33(35)39)16-23-10-5-3-6-11-23)29-17-27(34)28(45-29)14-9-15-41-21-26(18-36)42-19-24-12-7-4-8-13-24/h3-8,10-13,17,25-26,30-31,36H,9,14-16,18-21H2,1-2H3/t25-,26-,30+,31-/m1/s1. The number of aliphatic hydroxyl groups excluding tert-OH is 1. The minimum Gasteiger partial charge on any atom is -0.461 e. The zero-order valence-corrected chi connectivity index (χ0v) is 26.8. The maximum atomic E-state index is 13.7. The van der Waals surface area contributed by atoms with E-state index in [0.29, 0.717) is 42.7 Å². The van der Waals surface area contributed by atoms with Crippen molar-refractivity contribution in [1.82, 2.24) is 4.90 Å². The van der Waals surface area contributed by atoms with Gasteiger partial charge in [-0.1, -0.05) is 60.7 Å². The summed E-state index contributed by atoms with van der Waals surface area (Å²) in [5.74, 6) is -0.637. The molecule has 0 bridgehead atoms. The van der Waals surface area contributed by atoms with Crippen LogP contribution in [0, 0.1) is 0 Å². The van der Waals surface area contributed by atoms with E-state index in [0.717, 1.165) is 16.0 Å². The Bertz CT molecular complexity index is 1380. The number of hydrogen-bond donors (Lipinski definition) is 1. The summed E-state index contributed by atoms with van der Waals surface area (Å²) in [6.45, 7) is 2.05. The molecule has 2 aromatic carbocycles. The summed E-state index contributed by atoms with van der Waals surface area (Å²) in [6, 6.07) is 20.2. The number of furan rings is 1. The molecule has 242 valence electrons. The molecule has 1 aliphatic rings. The normalized spacial score (nSPS) is 16.7. The Morgan fingerprint density at radius 1 is 1.09 bits per heavy atom. The predicted octanol–water partition coefficient (Wildman–Crippen LogP) is 4.78. The van der Waals surface area contributed by atoms with Crippen molar-refractivity contribution in [2.45, 2.75) is 57.1 Å². The maximum absolute atomic E-state index is 13.7. The second kappa shape index (κ2) is 17.2. The average molecular weight is 689 g/mol. The lowest BCUT2D eigenvalue weighted by Crippen LogP contribution is -2.48. The SMILES string of the molecule is CO[C@@H](C(=O)N1C(=O)OC[C@H]1Cc1ccccc1)[C@@H](OC(C)=O)c1cc(Br)c(CCCOC[C@@H](CO)OCc2ccccc2)o1. The van der Waals surface area contributed by atoms with Crippen molar-refractivity contribution in [3.8, 4) is 0 Å². The molecule has 2 heterocycles. The monoisotopic (exact) mass is 687 g/mol. The Kier molecular flexibility index (Phi) is 13.1. The first-order valence-electron chi connectivity index (χ1n) is 14.7. The quantitative estimate of drug-likeness (QED) is 0.156. The number of esters is 1. The summed E-state index contributed by atoms with van der Waals surface area (Å²) >= 11 is 3.49. The van der Waals surface area contributed by atoms with Crippen LogP contribution in [0.25, 0.3) is 0 Å². The fraction of sp³-hybridized carbons (Fsp3) is 0.424. The molecule has 0 saturated carbocycles. The van der Waals surface area contributed by atoms with Gasteiger partial charge >= 0.3 is 12.1 Å². The third kappa shape index (κ3) is 9.72. The number of hydrogen-bond acceptors (Lipinski definition) is 10. The zero-order valence-electron chi connectivity index (χ0n) is 25.3. The van der Waals surface area contributed by atoms with Crippen LogP contribution in [0.3, 0.4) is 0 Å². The van der Waals surface area contributed by atoms with Gasteiger partial charge in [0, 0.05) is 27.1 Å². The molecule has 1 aliphatic heterocycles. The molecule has 1 aromatic heterocycles. The van der Waals surface area contributed by atoms with E-state index < -0.39 is 42.3 Å². The number of ether oxygens (including phenoxy) is 5. The predicted molar refractivity (Wildman–Crippen MR) is 165 cm³/mol. The van der Waals surface area contributed by atoms with Crippen LogP contribution in [-0.2, 0) is 52.7 Å². The Hall–Kier alpha value is -3.55. The fourth-order valence-corrected chi connectivity index (χ4v) is 5.44. The lowest BCUT2D eigenvalue weighted by Gasteiger charge is -2.28. The number of imide groups is 1. The third-order valence-corrected chi connectivity index (χ3v) is 7.83. The minimum atomic E-state index is -1.38. The van der Waals surface area contributed by atoms with E-state index in [1.165, 1.54) is 14.0 Å². The topological polar surface area (TPSA) is 134 Å². The lowest BCUT2D eigenvalue weighted by atomic mass is 10.0. The van der Waals surface area contributed by atoms with Crippen molar-refractivity contribution in [3.63, 3.8) is 0 Å². The molecule has 1 fully saturated rings. The highest BCUT2D eigenvalue weighted by Crippen LogP contribution is 2.33. The molecule has 2 amide bonds. The molecule has 3 aromatic rings. The second-order valence-electron chi connectivity index (χ2n) is 10.5. The number of amides is 2. The first kappa shape index (κ1) is 34.3. The molecule has 4 rings (SSSR count). The smallest absolute Gasteiger partial charge is 0.417 e. The van der Waals surface area contributed by atoms with Crippen LogP contribution < -0.4 is 0 Å². The van der Waals surface area contributed by atoms with Crippen LogP contribution in [-0.4, -0.2) is 79.8 Å². The van der Waals surface area contributed by atoms with Gasteiger partial charge in [0.1, 0.15) is 24.2 Å². The minimum absolute atomic E-state index is 0.0326. The highest BCUT2D eigenvalue weighted by atomic mass is 79.9. The summed E-state index contributed by atoms with van der Waals surface area (Å²) in [5.41, 5.74) is 1.94. The number of cyclic esters (lactones) is 1. The van der Waals surface area contributed by atoms with Gasteiger partial charge in [0.25, 0.3) is 5.91 Å². The number of carbonyl (C=O) groups excluding carboxylic acids is 3. The second-order valence-corrected chi connectivity index (χ2v) is 11.4. The number of carbonyl (C=O) groups is 3. The van der Waals surface area contributed by atoms with Crippen LogP contribution in [0.4, 0.5) is 4.79 Å². The summed E-state index contributed by atoms with van der Waals surface area (Å²) in [4.78, 5) is 39.5. The first-order chi connectivity index (χ1) is 21.8. The lowest BCUT2D eigenvalue weighted by molar-refractivity contribution is -0.164. The molecule has 0 spiro atoms. The van der Waals surface area contributed by atoms with Gasteiger partial charge in [-0.2, -0.15) is 0 Å². The molecule has 1 saturated heterocycles. The van der Waals surface area contributed by atoms with Crippen molar-refractivity contribution < 1.29 is 47.6 Å². The highest BCUT2D eigenvalue weighted by molar-refractivity contribution is 9.10. The Balaban J connectivity index is 1.36. The van der Waals surface area contributed by atoms with Gasteiger partial charge in [-0.3, -0.25) is 9.59 Å². The number of methoxy groups -OCH3 is 1. The van der Waals surface area contributed by atoms with Crippen molar-refractivity contribution >= 4 is 33.9 Å². The van der Waals surface area contributed by atoms with E-state index in [2.05, 4.69) is 15.9 Å². The van der Waals surface area contributed by atoms with Crippen LogP contribution in [0.1, 0.15) is 42.1 Å². The average Bonchev–Trinajstić information content (AvgIpc) is 3.60. The molecule has 1 N–H and O–H groups in total. The van der Waals surface area contributed by atoms with Crippen LogP contribution in [0.5, 0.6) is 0 Å². The van der Waals surface area contributed by atoms with E-state index in [-0.39, 0.29) is 25.6 Å². The van der Waals surface area contributed by atoms with Gasteiger partial charge in [-0.05, 0) is 46.0 Å². The molecular formula is C33H38BrNO10. The Labute approximate surface area is 270 Å². The number of aryl methyl sites for hydroxylation is 1. The Morgan fingerprint density at radius 3 is 2.42 bits per heavy atom. The molecule has 45 heavy (non-hydrogen) atoms. The van der Waals surface area contributed by atoms with Gasteiger partial charge in [0.15, 0.2) is 12.2 Å². The van der Waals surface area contributed by atoms with Crippen LogP contribution >= 0.6 is 15.9 Å². The van der Waals surface area contributed by atoms with Crippen molar-refractivity contribution in [1.29, 1.82) is 0 Å². The number of nitrogens with zero attached hydrogens (tertiary/aromatic N) is 1. The third-order valence-electron chi connectivity index (χ3n) is 7.16. The maximum Gasteiger partial charge on any atom is 0.417 e. The number of rotatable bonds is 17. The van der Waals surface area contributed by atoms with Crippen molar-refractivity contribution in [3.05, 3.63) is 93.9 Å². The van der Waals surface area contributed by atoms with Crippen LogP contribution in [0.15, 0.2) is 75.6 Å². The summed E-state index contributed by atoms with van der Waals surface area (Å²) in [7, 11) is 1.30. The van der Waals surface area contributed by atoms with Crippen LogP contribution in [0.2, 0.25) is 0 Å². The number of aliphatic hydroxyl groups is 1. The molecule has 4 atom stereocenters. The Morgan fingerprint density at radius 2 is 1.78 bits per heavy atom. The summed E-state index contributed by atoms with van der Waals surface area (Å²) < 4.78 is 34.4. The largest absolute Gasteiger partial charge is 0.461 e. The van der Waals surface area contributed by atoms with Crippen molar-refractivity contribution in [2.75, 3.05) is 33.5 Å². The first-order valence-corrected chi connectivity index (χ1v) is 15.5. The molecule has 0 radical (unpaired) electrons. The molecule has 12 heteroatoms. The van der Waals surface area contributed by atoms with E-state index in [1.54, 1.807) is 6.07 Å². The van der Waals surface area contributed by atoms with Gasteiger partial charge in [-0.15, -0.1) is 0 Å². The van der Waals surface area contributed by atoms with Gasteiger partial charge in [0.2, 0.25) is 0 Å². The zero-order chi connectivity index (χ0) is 32.2. The summed E-state index contributed by atoms with van der Waals surface area (Å²) in [6.07, 6.45) is -2.46. The molecular weight excluding hydrogens is 650 g/mol. The van der Waals surface area contributed by atoms with E-state index in [4.69, 9.17) is 28.1 Å².